The summed E-state index contributed by atoms with van der Waals surface area (Å²) < 4.78 is 17.0. The van der Waals surface area contributed by atoms with Gasteiger partial charge in [0.15, 0.2) is 0 Å². The van der Waals surface area contributed by atoms with Gasteiger partial charge in [-0.3, -0.25) is 0 Å². The molecule has 0 aliphatic carbocycles. The molecule has 9 nitrogen and oxygen atoms in total. The van der Waals surface area contributed by atoms with Crippen molar-refractivity contribution in [2.24, 2.45) is 5.73 Å². The van der Waals surface area contributed by atoms with Gasteiger partial charge < -0.3 is 25.3 Å². The van der Waals surface area contributed by atoms with Crippen LogP contribution in [0.4, 0.5) is 11.6 Å². The molecular formula is C27H35N5O4S. The molecule has 0 saturated carbocycles. The van der Waals surface area contributed by atoms with Gasteiger partial charge in [0.05, 0.1) is 35.4 Å². The molecule has 10 heteroatoms. The number of aromatic nitrogens is 3. The molecule has 3 N–H and O–H groups in total. The topological polar surface area (TPSA) is 121 Å². The van der Waals surface area contributed by atoms with Crippen LogP contribution in [0.15, 0.2) is 30.6 Å². The molecule has 0 radical (unpaired) electrons. The highest BCUT2D eigenvalue weighted by Gasteiger charge is 2.40. The van der Waals surface area contributed by atoms with Crippen LogP contribution in [0.5, 0.6) is 5.88 Å². The predicted molar refractivity (Wildman–Crippen MR) is 147 cm³/mol. The van der Waals surface area contributed by atoms with Crippen molar-refractivity contribution in [3.8, 4) is 5.88 Å². The molecule has 4 heterocycles. The van der Waals surface area contributed by atoms with Gasteiger partial charge in [-0.1, -0.05) is 6.92 Å². The lowest BCUT2D eigenvalue weighted by atomic mass is 9.84. The number of ether oxygens (including phenoxy) is 3. The summed E-state index contributed by atoms with van der Waals surface area (Å²) in [5, 5.41) is 4.93. The van der Waals surface area contributed by atoms with Crippen molar-refractivity contribution in [1.29, 1.82) is 0 Å². The van der Waals surface area contributed by atoms with Gasteiger partial charge in [-0.2, -0.15) is 11.8 Å². The molecule has 3 aromatic heterocycles. The summed E-state index contributed by atoms with van der Waals surface area (Å²) in [6.07, 6.45) is 6.48. The normalized spacial score (nSPS) is 18.1. The average Bonchev–Trinajstić information content (AvgIpc) is 2.84. The molecule has 1 aliphatic rings. The third-order valence-electron chi connectivity index (χ3n) is 6.74. The van der Waals surface area contributed by atoms with Gasteiger partial charge >= 0.3 is 5.97 Å². The number of cyclic esters (lactones) is 1. The molecule has 198 valence electrons. The Bertz CT molecular complexity index is 1300. The van der Waals surface area contributed by atoms with Gasteiger partial charge in [0.1, 0.15) is 17.2 Å². The molecule has 1 unspecified atom stereocenters. The van der Waals surface area contributed by atoms with Crippen molar-refractivity contribution < 1.29 is 19.0 Å². The summed E-state index contributed by atoms with van der Waals surface area (Å²) in [6, 6.07) is 5.42. The lowest BCUT2D eigenvalue weighted by Crippen LogP contribution is -2.39. The van der Waals surface area contributed by atoms with E-state index in [1.165, 1.54) is 0 Å². The number of pyridine rings is 3. The number of hydrogen-bond donors (Lipinski definition) is 2. The van der Waals surface area contributed by atoms with E-state index in [2.05, 4.69) is 21.5 Å². The number of anilines is 2. The van der Waals surface area contributed by atoms with Crippen molar-refractivity contribution in [2.45, 2.75) is 51.2 Å². The molecule has 0 saturated heterocycles. The highest BCUT2D eigenvalue weighted by molar-refractivity contribution is 7.98. The number of methoxy groups -OCH3 is 1. The maximum absolute atomic E-state index is 12.5. The summed E-state index contributed by atoms with van der Waals surface area (Å²) in [4.78, 5) is 26.4. The minimum absolute atomic E-state index is 0.0676. The first kappa shape index (κ1) is 27.1. The van der Waals surface area contributed by atoms with E-state index in [0.29, 0.717) is 42.0 Å². The van der Waals surface area contributed by atoms with Crippen LogP contribution in [-0.4, -0.2) is 58.9 Å². The van der Waals surface area contributed by atoms with Gasteiger partial charge in [0.2, 0.25) is 5.88 Å². The Morgan fingerprint density at radius 2 is 2.00 bits per heavy atom. The van der Waals surface area contributed by atoms with Crippen molar-refractivity contribution >= 4 is 40.1 Å². The summed E-state index contributed by atoms with van der Waals surface area (Å²) in [5.74, 6) is 2.27. The maximum atomic E-state index is 12.5. The second-order valence-electron chi connectivity index (χ2n) is 10.1. The molecule has 4 rings (SSSR count). The zero-order valence-corrected chi connectivity index (χ0v) is 23.1. The molecule has 0 amide bonds. The lowest BCUT2D eigenvalue weighted by Gasteiger charge is -2.36. The molecule has 0 spiro atoms. The van der Waals surface area contributed by atoms with Crippen molar-refractivity contribution in [2.75, 3.05) is 37.6 Å². The average molecular weight is 526 g/mol. The van der Waals surface area contributed by atoms with Gasteiger partial charge in [-0.25, -0.2) is 19.7 Å². The van der Waals surface area contributed by atoms with E-state index in [9.17, 15) is 4.79 Å². The number of rotatable bonds is 10. The minimum Gasteiger partial charge on any atom is -0.477 e. The quantitative estimate of drug-likeness (QED) is 0.283. The molecule has 0 fully saturated rings. The number of hydrogen-bond acceptors (Lipinski definition) is 10. The molecule has 2 atom stereocenters. The lowest BCUT2D eigenvalue weighted by molar-refractivity contribution is -0.0189. The summed E-state index contributed by atoms with van der Waals surface area (Å²) in [5.41, 5.74) is 7.22. The molecule has 3 aromatic rings. The largest absolute Gasteiger partial charge is 0.477 e. The van der Waals surface area contributed by atoms with Crippen LogP contribution in [0.25, 0.3) is 10.8 Å². The molecule has 0 aromatic carbocycles. The van der Waals surface area contributed by atoms with Crippen molar-refractivity contribution in [3.05, 3.63) is 47.4 Å². The Morgan fingerprint density at radius 3 is 2.73 bits per heavy atom. The minimum atomic E-state index is -0.776. The predicted octanol–water partition coefficient (Wildman–Crippen LogP) is 4.77. The number of nitrogens with one attached hydrogen (secondary N) is 1. The number of nitrogens with two attached hydrogens (primary N) is 1. The summed E-state index contributed by atoms with van der Waals surface area (Å²) >= 11 is 1.78. The SMILES string of the molecule is COC[C@@](C)(N)c1cnc(OCCCSC)c2cnc(Nc3ccc4c(n3)C(C)C(C)(C)OC4=O)cc12. The van der Waals surface area contributed by atoms with E-state index in [1.54, 1.807) is 43.4 Å². The Hall–Kier alpha value is -2.95. The van der Waals surface area contributed by atoms with Gasteiger partial charge in [0.25, 0.3) is 0 Å². The molecule has 37 heavy (non-hydrogen) atoms. The number of thioether (sulfide) groups is 1. The van der Waals surface area contributed by atoms with E-state index in [-0.39, 0.29) is 11.9 Å². The number of carbonyl (C=O) groups is 1. The Morgan fingerprint density at radius 1 is 1.22 bits per heavy atom. The first-order valence-electron chi connectivity index (χ1n) is 12.3. The molecular weight excluding hydrogens is 490 g/mol. The number of fused-ring (bicyclic) bond motifs is 2. The number of carbonyl (C=O) groups excluding carboxylic acids is 1. The third kappa shape index (κ3) is 5.66. The van der Waals surface area contributed by atoms with Crippen LogP contribution in [0.3, 0.4) is 0 Å². The van der Waals surface area contributed by atoms with Gasteiger partial charge in [-0.15, -0.1) is 0 Å². The molecule has 0 bridgehead atoms. The first-order chi connectivity index (χ1) is 17.6. The van der Waals surface area contributed by atoms with E-state index >= 15 is 0 Å². The van der Waals surface area contributed by atoms with Crippen LogP contribution in [0, 0.1) is 0 Å². The van der Waals surface area contributed by atoms with Crippen LogP contribution in [-0.2, 0) is 15.0 Å². The third-order valence-corrected chi connectivity index (χ3v) is 7.43. The Kier molecular flexibility index (Phi) is 7.91. The molecule has 1 aliphatic heterocycles. The second kappa shape index (κ2) is 10.8. The van der Waals surface area contributed by atoms with E-state index in [4.69, 9.17) is 24.9 Å². The van der Waals surface area contributed by atoms with E-state index in [0.717, 1.165) is 28.5 Å². The monoisotopic (exact) mass is 525 g/mol. The second-order valence-corrected chi connectivity index (χ2v) is 11.1. The zero-order valence-electron chi connectivity index (χ0n) is 22.3. The number of nitrogens with zero attached hydrogens (tertiary/aromatic N) is 3. The van der Waals surface area contributed by atoms with E-state index in [1.807, 2.05) is 33.8 Å². The fraction of sp³-hybridized carbons (Fsp3) is 0.481. The van der Waals surface area contributed by atoms with Gasteiger partial charge in [0, 0.05) is 31.0 Å². The van der Waals surface area contributed by atoms with Crippen LogP contribution in [0.2, 0.25) is 0 Å². The van der Waals surface area contributed by atoms with Crippen LogP contribution < -0.4 is 15.8 Å². The highest BCUT2D eigenvalue weighted by atomic mass is 32.2. The summed E-state index contributed by atoms with van der Waals surface area (Å²) in [7, 11) is 1.62. The fourth-order valence-electron chi connectivity index (χ4n) is 4.39. The highest BCUT2D eigenvalue weighted by Crippen LogP contribution is 2.38. The van der Waals surface area contributed by atoms with E-state index < -0.39 is 11.1 Å². The standard InChI is InChI=1S/C27H35N5O4S/c1-16-23-17(25(33)36-26(16,2)3)8-9-21(32-23)31-22-12-18-19(13-29-22)24(35-10-7-11-37-6)30-14-20(18)27(4,28)15-34-5/h8-9,12-14,16H,7,10-11,15,28H2,1-6H3,(H,29,31,32)/t16?,27-/m1/s1. The first-order valence-corrected chi connectivity index (χ1v) is 13.7. The van der Waals surface area contributed by atoms with Crippen molar-refractivity contribution in [3.63, 3.8) is 0 Å². The fourth-order valence-corrected chi connectivity index (χ4v) is 4.80. The number of esters is 1. The van der Waals surface area contributed by atoms with Crippen LogP contribution in [0.1, 0.15) is 61.6 Å². The maximum Gasteiger partial charge on any atom is 0.340 e. The Labute approximate surface area is 221 Å². The smallest absolute Gasteiger partial charge is 0.340 e. The Balaban J connectivity index is 1.71. The van der Waals surface area contributed by atoms with Crippen LogP contribution >= 0.6 is 11.8 Å². The summed E-state index contributed by atoms with van der Waals surface area (Å²) in [6.45, 7) is 8.59. The van der Waals surface area contributed by atoms with Crippen molar-refractivity contribution in [1.82, 2.24) is 15.0 Å². The van der Waals surface area contributed by atoms with Gasteiger partial charge in [-0.05, 0) is 62.8 Å². The zero-order chi connectivity index (χ0) is 26.8.